The van der Waals surface area contributed by atoms with Crippen LogP contribution >= 0.6 is 12.4 Å². The molecule has 0 aliphatic heterocycles. The Morgan fingerprint density at radius 1 is 1.47 bits per heavy atom. The van der Waals surface area contributed by atoms with E-state index in [2.05, 4.69) is 5.32 Å². The molecule has 3 N–H and O–H groups in total. The zero-order valence-electron chi connectivity index (χ0n) is 11.3. The molecular weight excluding hydrogens is 271 g/mol. The van der Waals surface area contributed by atoms with Crippen LogP contribution in [-0.2, 0) is 4.79 Å². The van der Waals surface area contributed by atoms with Gasteiger partial charge in [-0.15, -0.1) is 12.4 Å². The lowest BCUT2D eigenvalue weighted by Crippen LogP contribution is -2.34. The Labute approximate surface area is 118 Å². The van der Waals surface area contributed by atoms with Crippen LogP contribution in [0.5, 0.6) is 5.75 Å². The molecule has 1 aromatic carbocycles. The van der Waals surface area contributed by atoms with Gasteiger partial charge in [0.2, 0.25) is 5.91 Å². The Balaban J connectivity index is 0.00000324. The predicted molar refractivity (Wildman–Crippen MR) is 76.3 cm³/mol. The van der Waals surface area contributed by atoms with Gasteiger partial charge >= 0.3 is 0 Å². The zero-order chi connectivity index (χ0) is 13.7. The van der Waals surface area contributed by atoms with Crippen LogP contribution in [-0.4, -0.2) is 18.6 Å². The molecule has 0 aliphatic carbocycles. The molecule has 0 aliphatic rings. The number of ether oxygens (including phenoxy) is 1. The molecule has 0 fully saturated rings. The van der Waals surface area contributed by atoms with Crippen LogP contribution in [0.15, 0.2) is 18.2 Å². The fraction of sp³-hybridized carbons (Fsp3) is 0.462. The minimum Gasteiger partial charge on any atom is -0.492 e. The van der Waals surface area contributed by atoms with Gasteiger partial charge in [0.1, 0.15) is 11.6 Å². The first-order valence-corrected chi connectivity index (χ1v) is 5.94. The normalized spacial score (nSPS) is 13.1. The minimum absolute atomic E-state index is 0. The topological polar surface area (TPSA) is 64.3 Å². The molecule has 4 nitrogen and oxygen atoms in total. The van der Waals surface area contributed by atoms with Crippen molar-refractivity contribution in [2.75, 3.05) is 11.9 Å². The molecule has 1 rings (SSSR count). The van der Waals surface area contributed by atoms with E-state index in [9.17, 15) is 9.18 Å². The summed E-state index contributed by atoms with van der Waals surface area (Å²) >= 11 is 0. The fourth-order valence-electron chi connectivity index (χ4n) is 1.36. The van der Waals surface area contributed by atoms with E-state index >= 15 is 0 Å². The maximum absolute atomic E-state index is 13.1. The monoisotopic (exact) mass is 290 g/mol. The van der Waals surface area contributed by atoms with Crippen molar-refractivity contribution >= 4 is 24.0 Å². The number of rotatable bonds is 5. The fourth-order valence-corrected chi connectivity index (χ4v) is 1.36. The highest BCUT2D eigenvalue weighted by atomic mass is 35.5. The van der Waals surface area contributed by atoms with Crippen LogP contribution in [0.3, 0.4) is 0 Å². The molecule has 108 valence electrons. The highest BCUT2D eigenvalue weighted by molar-refractivity contribution is 5.94. The van der Waals surface area contributed by atoms with E-state index in [1.807, 2.05) is 0 Å². The number of hydrogen-bond donors (Lipinski definition) is 2. The second-order valence-corrected chi connectivity index (χ2v) is 4.21. The Bertz CT molecular complexity index is 427. The maximum atomic E-state index is 13.1. The summed E-state index contributed by atoms with van der Waals surface area (Å²) in [6, 6.07) is 3.75. The van der Waals surface area contributed by atoms with Crippen molar-refractivity contribution in [1.29, 1.82) is 0 Å². The Hall–Kier alpha value is -1.33. The average Bonchev–Trinajstić information content (AvgIpc) is 2.31. The standard InChI is InChI=1S/C13H19FN2O2.ClH/c1-4-18-12-7-10(14)5-6-11(12)16-13(17)8(2)9(3)15;/h5-9H,4,15H2,1-3H3,(H,16,17);1H. The van der Waals surface area contributed by atoms with Gasteiger partial charge in [-0.25, -0.2) is 4.39 Å². The number of nitrogens with two attached hydrogens (primary N) is 1. The summed E-state index contributed by atoms with van der Waals surface area (Å²) < 4.78 is 18.4. The number of anilines is 1. The van der Waals surface area contributed by atoms with Gasteiger partial charge in [-0.3, -0.25) is 4.79 Å². The number of carbonyl (C=O) groups is 1. The van der Waals surface area contributed by atoms with Gasteiger partial charge in [0.05, 0.1) is 18.2 Å². The highest BCUT2D eigenvalue weighted by Crippen LogP contribution is 2.26. The van der Waals surface area contributed by atoms with Crippen molar-refractivity contribution in [3.63, 3.8) is 0 Å². The molecule has 2 unspecified atom stereocenters. The van der Waals surface area contributed by atoms with Crippen molar-refractivity contribution in [1.82, 2.24) is 0 Å². The molecule has 0 aromatic heterocycles. The summed E-state index contributed by atoms with van der Waals surface area (Å²) in [7, 11) is 0. The van der Waals surface area contributed by atoms with Crippen molar-refractivity contribution in [3.8, 4) is 5.75 Å². The average molecular weight is 291 g/mol. The smallest absolute Gasteiger partial charge is 0.228 e. The highest BCUT2D eigenvalue weighted by Gasteiger charge is 2.18. The van der Waals surface area contributed by atoms with E-state index in [4.69, 9.17) is 10.5 Å². The first kappa shape index (κ1) is 17.7. The van der Waals surface area contributed by atoms with Gasteiger partial charge in [0.25, 0.3) is 0 Å². The third-order valence-electron chi connectivity index (χ3n) is 2.70. The molecule has 0 radical (unpaired) electrons. The van der Waals surface area contributed by atoms with E-state index in [0.29, 0.717) is 18.0 Å². The number of amides is 1. The van der Waals surface area contributed by atoms with E-state index in [1.54, 1.807) is 20.8 Å². The number of halogens is 2. The van der Waals surface area contributed by atoms with Gasteiger partial charge in [-0.2, -0.15) is 0 Å². The molecule has 0 saturated carbocycles. The molecule has 6 heteroatoms. The first-order chi connectivity index (χ1) is 8.45. The van der Waals surface area contributed by atoms with E-state index in [-0.39, 0.29) is 30.3 Å². The molecule has 0 bridgehead atoms. The van der Waals surface area contributed by atoms with Gasteiger partial charge in [-0.1, -0.05) is 6.92 Å². The summed E-state index contributed by atoms with van der Waals surface area (Å²) in [5.41, 5.74) is 6.11. The van der Waals surface area contributed by atoms with Gasteiger partial charge < -0.3 is 15.8 Å². The second-order valence-electron chi connectivity index (χ2n) is 4.21. The quantitative estimate of drug-likeness (QED) is 0.876. The number of benzene rings is 1. The first-order valence-electron chi connectivity index (χ1n) is 5.94. The van der Waals surface area contributed by atoms with Crippen molar-refractivity contribution in [2.45, 2.75) is 26.8 Å². The maximum Gasteiger partial charge on any atom is 0.228 e. The summed E-state index contributed by atoms with van der Waals surface area (Å²) in [5, 5.41) is 2.69. The minimum atomic E-state index is -0.406. The summed E-state index contributed by atoms with van der Waals surface area (Å²) in [6.45, 7) is 5.69. The molecule has 1 aromatic rings. The molecule has 0 saturated heterocycles. The lowest BCUT2D eigenvalue weighted by atomic mass is 10.0. The largest absolute Gasteiger partial charge is 0.492 e. The third-order valence-corrected chi connectivity index (χ3v) is 2.70. The molecule has 19 heavy (non-hydrogen) atoms. The predicted octanol–water partition coefficient (Wildman–Crippen LogP) is 2.57. The van der Waals surface area contributed by atoms with Crippen LogP contribution < -0.4 is 15.8 Å². The summed E-state index contributed by atoms with van der Waals surface area (Å²) in [4.78, 5) is 11.9. The van der Waals surface area contributed by atoms with E-state index in [1.165, 1.54) is 18.2 Å². The van der Waals surface area contributed by atoms with Crippen molar-refractivity contribution in [2.24, 2.45) is 11.7 Å². The molecule has 1 amide bonds. The van der Waals surface area contributed by atoms with Crippen LogP contribution in [0.4, 0.5) is 10.1 Å². The van der Waals surface area contributed by atoms with Gasteiger partial charge in [0.15, 0.2) is 0 Å². The number of hydrogen-bond acceptors (Lipinski definition) is 3. The van der Waals surface area contributed by atoms with E-state index in [0.717, 1.165) is 0 Å². The Morgan fingerprint density at radius 3 is 2.63 bits per heavy atom. The SMILES string of the molecule is CCOc1cc(F)ccc1NC(=O)C(C)C(C)N.Cl. The summed E-state index contributed by atoms with van der Waals surface area (Å²) in [5.74, 6) is -0.624. The van der Waals surface area contributed by atoms with Crippen LogP contribution in [0, 0.1) is 11.7 Å². The molecule has 0 spiro atoms. The lowest BCUT2D eigenvalue weighted by molar-refractivity contribution is -0.119. The summed E-state index contributed by atoms with van der Waals surface area (Å²) in [6.07, 6.45) is 0. The van der Waals surface area contributed by atoms with Crippen LogP contribution in [0.25, 0.3) is 0 Å². The third kappa shape index (κ3) is 5.04. The van der Waals surface area contributed by atoms with Gasteiger partial charge in [0, 0.05) is 12.1 Å². The van der Waals surface area contributed by atoms with Crippen LogP contribution in [0.1, 0.15) is 20.8 Å². The van der Waals surface area contributed by atoms with Crippen molar-refractivity contribution in [3.05, 3.63) is 24.0 Å². The molecule has 0 heterocycles. The van der Waals surface area contributed by atoms with Crippen molar-refractivity contribution < 1.29 is 13.9 Å². The number of carbonyl (C=O) groups excluding carboxylic acids is 1. The lowest BCUT2D eigenvalue weighted by Gasteiger charge is -2.17. The zero-order valence-corrected chi connectivity index (χ0v) is 12.1. The Morgan fingerprint density at radius 2 is 2.11 bits per heavy atom. The van der Waals surface area contributed by atoms with Gasteiger partial charge in [-0.05, 0) is 26.0 Å². The van der Waals surface area contributed by atoms with E-state index < -0.39 is 5.82 Å². The Kier molecular flexibility index (Phi) is 7.41. The molecular formula is C13H20ClFN2O2. The number of nitrogens with one attached hydrogen (secondary N) is 1. The second kappa shape index (κ2) is 7.96. The van der Waals surface area contributed by atoms with Crippen LogP contribution in [0.2, 0.25) is 0 Å². The molecule has 2 atom stereocenters.